The summed E-state index contributed by atoms with van der Waals surface area (Å²) in [5.74, 6) is -0.342. The Bertz CT molecular complexity index is 1300. The number of hydrogen-bond acceptors (Lipinski definition) is 4. The first kappa shape index (κ1) is 26.1. The normalized spacial score (nSPS) is 13.6. The topological polar surface area (TPSA) is 64.7 Å². The van der Waals surface area contributed by atoms with Crippen molar-refractivity contribution in [3.05, 3.63) is 107 Å². The molecule has 0 aromatic heterocycles. The van der Waals surface area contributed by atoms with E-state index in [1.54, 1.807) is 18.2 Å². The Balaban J connectivity index is 1.34. The zero-order valence-electron chi connectivity index (χ0n) is 20.1. The predicted octanol–water partition coefficient (Wildman–Crippen LogP) is 5.23. The van der Waals surface area contributed by atoms with Crippen LogP contribution >= 0.6 is 23.8 Å². The first-order valence-electron chi connectivity index (χ1n) is 11.9. The van der Waals surface area contributed by atoms with Gasteiger partial charge in [0.25, 0.3) is 0 Å². The van der Waals surface area contributed by atoms with Crippen LogP contribution in [0.25, 0.3) is 12.2 Å². The molecule has 8 heteroatoms. The summed E-state index contributed by atoms with van der Waals surface area (Å²) >= 11 is 11.6. The van der Waals surface area contributed by atoms with Crippen LogP contribution in [0.1, 0.15) is 11.1 Å². The maximum Gasteiger partial charge on any atom is 0.250 e. The monoisotopic (exact) mass is 530 g/mol. The Kier molecular flexibility index (Phi) is 9.08. The summed E-state index contributed by atoms with van der Waals surface area (Å²) in [6, 6.07) is 24.8. The lowest BCUT2D eigenvalue weighted by molar-refractivity contribution is -0.126. The molecule has 2 N–H and O–H groups in total. The van der Waals surface area contributed by atoms with E-state index in [1.165, 1.54) is 6.08 Å². The first-order valence-corrected chi connectivity index (χ1v) is 12.7. The van der Waals surface area contributed by atoms with Crippen LogP contribution < -0.4 is 15.5 Å². The predicted molar refractivity (Wildman–Crippen MR) is 156 cm³/mol. The highest BCUT2D eigenvalue weighted by atomic mass is 35.5. The molecule has 1 saturated heterocycles. The van der Waals surface area contributed by atoms with E-state index in [-0.39, 0.29) is 16.9 Å². The van der Waals surface area contributed by atoms with Crippen LogP contribution in [0.2, 0.25) is 5.02 Å². The molecule has 3 aromatic carbocycles. The zero-order chi connectivity index (χ0) is 26.0. The molecule has 0 aliphatic carbocycles. The number of halogens is 1. The number of nitrogens with one attached hydrogen (secondary N) is 2. The highest BCUT2D eigenvalue weighted by Crippen LogP contribution is 2.30. The van der Waals surface area contributed by atoms with Gasteiger partial charge in [-0.25, -0.2) is 0 Å². The van der Waals surface area contributed by atoms with Crippen molar-refractivity contribution in [2.24, 2.45) is 0 Å². The van der Waals surface area contributed by atoms with Crippen molar-refractivity contribution in [3.63, 3.8) is 0 Å². The van der Waals surface area contributed by atoms with Crippen molar-refractivity contribution in [2.45, 2.75) is 0 Å². The molecule has 188 valence electrons. The largest absolute Gasteiger partial charge is 0.366 e. The standard InChI is InChI=1S/C29H27ClN4O2S/c30-24-13-14-26(25(21-24)31-29(37)32-27(35)15-11-22-7-3-1-4-8-22)33-17-19-34(20-18-33)28(36)16-12-23-9-5-2-6-10-23/h1-16,21H,17-20H2,(H2,31,32,35,37)/b15-11+,16-12+. The zero-order valence-corrected chi connectivity index (χ0v) is 21.7. The Morgan fingerprint density at radius 3 is 2.03 bits per heavy atom. The third-order valence-electron chi connectivity index (χ3n) is 5.82. The van der Waals surface area contributed by atoms with Gasteiger partial charge in [0.15, 0.2) is 5.11 Å². The Labute approximate surface area is 227 Å². The van der Waals surface area contributed by atoms with Crippen molar-refractivity contribution in [3.8, 4) is 0 Å². The lowest BCUT2D eigenvalue weighted by atomic mass is 10.2. The van der Waals surface area contributed by atoms with Gasteiger partial charge in [0.1, 0.15) is 0 Å². The van der Waals surface area contributed by atoms with E-state index >= 15 is 0 Å². The molecule has 0 radical (unpaired) electrons. The number of carbonyl (C=O) groups is 2. The number of piperazine rings is 1. The van der Waals surface area contributed by atoms with E-state index in [1.807, 2.05) is 83.8 Å². The van der Waals surface area contributed by atoms with Crippen LogP contribution in [-0.4, -0.2) is 48.0 Å². The number of carbonyl (C=O) groups excluding carboxylic acids is 2. The van der Waals surface area contributed by atoms with E-state index in [9.17, 15) is 9.59 Å². The number of hydrogen-bond donors (Lipinski definition) is 2. The van der Waals surface area contributed by atoms with Crippen LogP contribution in [0.3, 0.4) is 0 Å². The quantitative estimate of drug-likeness (QED) is 0.337. The minimum absolute atomic E-state index is 0.00888. The molecule has 4 rings (SSSR count). The lowest BCUT2D eigenvalue weighted by Crippen LogP contribution is -2.48. The minimum Gasteiger partial charge on any atom is -0.366 e. The Morgan fingerprint density at radius 1 is 0.811 bits per heavy atom. The van der Waals surface area contributed by atoms with Crippen LogP contribution in [0, 0.1) is 0 Å². The fraction of sp³-hybridized carbons (Fsp3) is 0.138. The summed E-state index contributed by atoms with van der Waals surface area (Å²) in [5, 5.41) is 6.49. The smallest absolute Gasteiger partial charge is 0.250 e. The van der Waals surface area contributed by atoms with Gasteiger partial charge < -0.3 is 15.1 Å². The fourth-order valence-electron chi connectivity index (χ4n) is 3.93. The van der Waals surface area contributed by atoms with Gasteiger partial charge in [-0.1, -0.05) is 72.3 Å². The van der Waals surface area contributed by atoms with Gasteiger partial charge in [0, 0.05) is 43.4 Å². The molecule has 1 aliphatic heterocycles. The van der Waals surface area contributed by atoms with Crippen LogP contribution in [-0.2, 0) is 9.59 Å². The van der Waals surface area contributed by atoms with Crippen molar-refractivity contribution >= 4 is 64.3 Å². The maximum absolute atomic E-state index is 12.6. The molecule has 0 atom stereocenters. The summed E-state index contributed by atoms with van der Waals surface area (Å²) in [5.41, 5.74) is 3.49. The van der Waals surface area contributed by atoms with Crippen molar-refractivity contribution in [2.75, 3.05) is 36.4 Å². The molecule has 37 heavy (non-hydrogen) atoms. The molecule has 2 amide bonds. The molecule has 0 saturated carbocycles. The second-order valence-corrected chi connectivity index (χ2v) is 9.25. The van der Waals surface area contributed by atoms with E-state index in [0.29, 0.717) is 36.9 Å². The molecule has 0 spiro atoms. The van der Waals surface area contributed by atoms with Gasteiger partial charge in [-0.05, 0) is 53.7 Å². The molecule has 0 bridgehead atoms. The number of thiocarbonyl (C=S) groups is 1. The van der Waals surface area contributed by atoms with Gasteiger partial charge in [-0.15, -0.1) is 0 Å². The van der Waals surface area contributed by atoms with Crippen molar-refractivity contribution in [1.82, 2.24) is 10.2 Å². The summed E-state index contributed by atoms with van der Waals surface area (Å²) in [4.78, 5) is 29.0. The summed E-state index contributed by atoms with van der Waals surface area (Å²) in [6.07, 6.45) is 6.61. The summed E-state index contributed by atoms with van der Waals surface area (Å²) in [7, 11) is 0. The van der Waals surface area contributed by atoms with Gasteiger partial charge in [-0.2, -0.15) is 0 Å². The number of benzene rings is 3. The van der Waals surface area contributed by atoms with Crippen LogP contribution in [0.4, 0.5) is 11.4 Å². The Hall–Kier alpha value is -3.94. The van der Waals surface area contributed by atoms with Crippen LogP contribution in [0.5, 0.6) is 0 Å². The number of rotatable bonds is 6. The maximum atomic E-state index is 12.6. The van der Waals surface area contributed by atoms with Crippen molar-refractivity contribution < 1.29 is 9.59 Å². The van der Waals surface area contributed by atoms with Gasteiger partial charge in [0.2, 0.25) is 11.8 Å². The molecule has 1 fully saturated rings. The average Bonchev–Trinajstić information content (AvgIpc) is 2.92. The third kappa shape index (κ3) is 7.77. The molecule has 1 heterocycles. The van der Waals surface area contributed by atoms with E-state index < -0.39 is 0 Å². The summed E-state index contributed by atoms with van der Waals surface area (Å²) < 4.78 is 0. The number of nitrogens with zero attached hydrogens (tertiary/aromatic N) is 2. The SMILES string of the molecule is O=C(/C=C/c1ccccc1)NC(=S)Nc1cc(Cl)ccc1N1CCN(C(=O)/C=C/c2ccccc2)CC1. The molecule has 0 unspecified atom stereocenters. The first-order chi connectivity index (χ1) is 18.0. The van der Waals surface area contributed by atoms with Crippen LogP contribution in [0.15, 0.2) is 91.0 Å². The lowest BCUT2D eigenvalue weighted by Gasteiger charge is -2.36. The highest BCUT2D eigenvalue weighted by Gasteiger charge is 2.22. The number of anilines is 2. The van der Waals surface area contributed by atoms with Gasteiger partial charge in [0.05, 0.1) is 11.4 Å². The average molecular weight is 531 g/mol. The molecular formula is C29H27ClN4O2S. The highest BCUT2D eigenvalue weighted by molar-refractivity contribution is 7.80. The van der Waals surface area contributed by atoms with Crippen molar-refractivity contribution in [1.29, 1.82) is 0 Å². The molecular weight excluding hydrogens is 504 g/mol. The van der Waals surface area contributed by atoms with E-state index in [2.05, 4.69) is 15.5 Å². The summed E-state index contributed by atoms with van der Waals surface area (Å²) in [6.45, 7) is 2.48. The Morgan fingerprint density at radius 2 is 1.41 bits per heavy atom. The van der Waals surface area contributed by atoms with E-state index in [0.717, 1.165) is 16.8 Å². The van der Waals surface area contributed by atoms with Gasteiger partial charge >= 0.3 is 0 Å². The molecule has 1 aliphatic rings. The third-order valence-corrected chi connectivity index (χ3v) is 6.26. The van der Waals surface area contributed by atoms with Gasteiger partial charge in [-0.3, -0.25) is 14.9 Å². The second kappa shape index (κ2) is 12.9. The number of amides is 2. The minimum atomic E-state index is -0.333. The molecule has 3 aromatic rings. The van der Waals surface area contributed by atoms with E-state index in [4.69, 9.17) is 23.8 Å². The fourth-order valence-corrected chi connectivity index (χ4v) is 4.31. The second-order valence-electron chi connectivity index (χ2n) is 8.41. The molecule has 6 nitrogen and oxygen atoms in total.